The van der Waals surface area contributed by atoms with Gasteiger partial charge >= 0.3 is 0 Å². The molecule has 1 N–H and O–H groups in total. The standard InChI is InChI=1S/C30H24N2O4S/c1-19-6-13-25(14-7-19)37-18-28(33)31-21-8-10-23(11-9-21)36-24-12-15-26-27(17-24)30(35)32(29(26)34)22-5-3-4-20(2)16-22/h3-17H,18H2,1-2H3,(H,31,33). The molecule has 1 aliphatic heterocycles. The molecule has 0 saturated heterocycles. The molecule has 0 radical (unpaired) electrons. The van der Waals surface area contributed by atoms with Crippen molar-refractivity contribution < 1.29 is 19.1 Å². The molecule has 0 aromatic heterocycles. The lowest BCUT2D eigenvalue weighted by atomic mass is 10.1. The number of rotatable bonds is 7. The summed E-state index contributed by atoms with van der Waals surface area (Å²) in [6, 6.07) is 27.2. The third-order valence-electron chi connectivity index (χ3n) is 5.88. The van der Waals surface area contributed by atoms with Gasteiger partial charge in [-0.1, -0.05) is 29.8 Å². The summed E-state index contributed by atoms with van der Waals surface area (Å²) in [7, 11) is 0. The first-order chi connectivity index (χ1) is 17.9. The van der Waals surface area contributed by atoms with E-state index in [1.807, 2.05) is 50.2 Å². The predicted octanol–water partition coefficient (Wildman–Crippen LogP) is 6.63. The van der Waals surface area contributed by atoms with Crippen molar-refractivity contribution >= 4 is 40.9 Å². The van der Waals surface area contributed by atoms with E-state index < -0.39 is 0 Å². The van der Waals surface area contributed by atoms with Gasteiger partial charge in [0.25, 0.3) is 11.8 Å². The zero-order chi connectivity index (χ0) is 25.9. The van der Waals surface area contributed by atoms with E-state index in [0.717, 1.165) is 10.5 Å². The van der Waals surface area contributed by atoms with Gasteiger partial charge in [-0.2, -0.15) is 0 Å². The van der Waals surface area contributed by atoms with Gasteiger partial charge in [0, 0.05) is 10.6 Å². The lowest BCUT2D eigenvalue weighted by molar-refractivity contribution is -0.113. The molecule has 37 heavy (non-hydrogen) atoms. The van der Waals surface area contributed by atoms with Crippen LogP contribution in [0.5, 0.6) is 11.5 Å². The SMILES string of the molecule is Cc1ccc(SCC(=O)Nc2ccc(Oc3ccc4c(c3)C(=O)N(c3cccc(C)c3)C4=O)cc2)cc1. The third-order valence-corrected chi connectivity index (χ3v) is 6.89. The van der Waals surface area contributed by atoms with Crippen LogP contribution in [0.2, 0.25) is 0 Å². The van der Waals surface area contributed by atoms with Gasteiger partial charge in [0.05, 0.1) is 22.6 Å². The number of nitrogens with one attached hydrogen (secondary N) is 1. The summed E-state index contributed by atoms with van der Waals surface area (Å²) < 4.78 is 5.92. The van der Waals surface area contributed by atoms with Crippen LogP contribution in [0.15, 0.2) is 95.9 Å². The fourth-order valence-corrected chi connectivity index (χ4v) is 4.71. The van der Waals surface area contributed by atoms with Crippen LogP contribution in [0.4, 0.5) is 11.4 Å². The Morgan fingerprint density at radius 1 is 0.784 bits per heavy atom. The summed E-state index contributed by atoms with van der Waals surface area (Å²) in [5.74, 6) is 0.467. The van der Waals surface area contributed by atoms with Gasteiger partial charge in [-0.15, -0.1) is 11.8 Å². The van der Waals surface area contributed by atoms with E-state index in [-0.39, 0.29) is 17.7 Å². The number of aryl methyl sites for hydroxylation is 2. The Morgan fingerprint density at radius 2 is 1.49 bits per heavy atom. The number of anilines is 2. The van der Waals surface area contributed by atoms with Crippen LogP contribution in [0, 0.1) is 13.8 Å². The van der Waals surface area contributed by atoms with E-state index in [1.54, 1.807) is 54.6 Å². The molecule has 0 fully saturated rings. The second-order valence-corrected chi connectivity index (χ2v) is 9.82. The molecule has 0 atom stereocenters. The number of thioether (sulfide) groups is 1. The molecule has 4 aromatic carbocycles. The number of imide groups is 1. The second kappa shape index (κ2) is 10.3. The minimum atomic E-state index is -0.377. The molecule has 4 aromatic rings. The normalized spacial score (nSPS) is 12.4. The number of carbonyl (C=O) groups is 3. The van der Waals surface area contributed by atoms with Crippen molar-refractivity contribution in [2.75, 3.05) is 16.0 Å². The average molecular weight is 509 g/mol. The molecular formula is C30H24N2O4S. The zero-order valence-electron chi connectivity index (χ0n) is 20.4. The highest BCUT2D eigenvalue weighted by Crippen LogP contribution is 2.33. The molecule has 6 nitrogen and oxygen atoms in total. The van der Waals surface area contributed by atoms with Crippen LogP contribution in [0.1, 0.15) is 31.8 Å². The van der Waals surface area contributed by atoms with Gasteiger partial charge in [-0.3, -0.25) is 14.4 Å². The molecule has 0 spiro atoms. The quantitative estimate of drug-likeness (QED) is 0.224. The van der Waals surface area contributed by atoms with Gasteiger partial charge in [0.15, 0.2) is 0 Å². The first-order valence-corrected chi connectivity index (χ1v) is 12.7. The number of benzene rings is 4. The lowest BCUT2D eigenvalue weighted by Gasteiger charge is -2.14. The Balaban J connectivity index is 1.22. The van der Waals surface area contributed by atoms with Crippen molar-refractivity contribution in [2.45, 2.75) is 18.7 Å². The van der Waals surface area contributed by atoms with Crippen LogP contribution in [0.3, 0.4) is 0 Å². The fourth-order valence-electron chi connectivity index (χ4n) is 4.01. The van der Waals surface area contributed by atoms with E-state index in [4.69, 9.17) is 4.74 Å². The average Bonchev–Trinajstić information content (AvgIpc) is 3.14. The van der Waals surface area contributed by atoms with Crippen molar-refractivity contribution in [1.82, 2.24) is 0 Å². The van der Waals surface area contributed by atoms with Crippen LogP contribution in [-0.2, 0) is 4.79 Å². The largest absolute Gasteiger partial charge is 0.457 e. The molecule has 5 rings (SSSR count). The topological polar surface area (TPSA) is 75.7 Å². The monoisotopic (exact) mass is 508 g/mol. The van der Waals surface area contributed by atoms with E-state index in [0.29, 0.717) is 39.8 Å². The van der Waals surface area contributed by atoms with Crippen LogP contribution < -0.4 is 15.0 Å². The van der Waals surface area contributed by atoms with E-state index in [9.17, 15) is 14.4 Å². The Hall–Kier alpha value is -4.36. The Labute approximate surface area is 219 Å². The zero-order valence-corrected chi connectivity index (χ0v) is 21.2. The number of hydrogen-bond acceptors (Lipinski definition) is 5. The first kappa shape index (κ1) is 24.3. The number of carbonyl (C=O) groups excluding carboxylic acids is 3. The molecule has 0 saturated carbocycles. The molecule has 0 aliphatic carbocycles. The molecule has 1 aliphatic rings. The van der Waals surface area contributed by atoms with Gasteiger partial charge in [0.1, 0.15) is 11.5 Å². The molecule has 3 amide bonds. The van der Waals surface area contributed by atoms with E-state index in [2.05, 4.69) is 5.32 Å². The highest BCUT2D eigenvalue weighted by molar-refractivity contribution is 8.00. The molecule has 184 valence electrons. The number of fused-ring (bicyclic) bond motifs is 1. The van der Waals surface area contributed by atoms with Gasteiger partial charge in [-0.25, -0.2) is 4.90 Å². The molecule has 7 heteroatoms. The molecule has 0 bridgehead atoms. The molecule has 0 unspecified atom stereocenters. The van der Waals surface area contributed by atoms with Crippen LogP contribution >= 0.6 is 11.8 Å². The number of nitrogens with zero attached hydrogens (tertiary/aromatic N) is 1. The first-order valence-electron chi connectivity index (χ1n) is 11.7. The summed E-state index contributed by atoms with van der Waals surface area (Å²) in [6.45, 7) is 3.94. The molecule has 1 heterocycles. The number of ether oxygens (including phenoxy) is 1. The third kappa shape index (κ3) is 5.42. The Bertz CT molecular complexity index is 1500. The summed E-state index contributed by atoms with van der Waals surface area (Å²) >= 11 is 1.48. The van der Waals surface area contributed by atoms with Crippen molar-refractivity contribution in [3.05, 3.63) is 113 Å². The second-order valence-electron chi connectivity index (χ2n) is 8.77. The minimum Gasteiger partial charge on any atom is -0.457 e. The van der Waals surface area contributed by atoms with Gasteiger partial charge in [-0.05, 0) is 86.1 Å². The summed E-state index contributed by atoms with van der Waals surface area (Å²) in [5, 5.41) is 2.88. The van der Waals surface area contributed by atoms with E-state index in [1.165, 1.54) is 22.2 Å². The summed E-state index contributed by atoms with van der Waals surface area (Å²) in [4.78, 5) is 40.5. The van der Waals surface area contributed by atoms with Gasteiger partial charge < -0.3 is 10.1 Å². The maximum Gasteiger partial charge on any atom is 0.266 e. The van der Waals surface area contributed by atoms with Crippen molar-refractivity contribution in [3.8, 4) is 11.5 Å². The van der Waals surface area contributed by atoms with E-state index >= 15 is 0 Å². The predicted molar refractivity (Wildman–Crippen MR) is 146 cm³/mol. The number of amides is 3. The van der Waals surface area contributed by atoms with Crippen LogP contribution in [0.25, 0.3) is 0 Å². The van der Waals surface area contributed by atoms with Gasteiger partial charge in [0.2, 0.25) is 5.91 Å². The van der Waals surface area contributed by atoms with Crippen LogP contribution in [-0.4, -0.2) is 23.5 Å². The lowest BCUT2D eigenvalue weighted by Crippen LogP contribution is -2.29. The summed E-state index contributed by atoms with van der Waals surface area (Å²) in [5.41, 5.74) is 4.00. The molecular weight excluding hydrogens is 484 g/mol. The van der Waals surface area contributed by atoms with Crippen molar-refractivity contribution in [1.29, 1.82) is 0 Å². The van der Waals surface area contributed by atoms with Crippen molar-refractivity contribution in [3.63, 3.8) is 0 Å². The Morgan fingerprint density at radius 3 is 2.22 bits per heavy atom. The highest BCUT2D eigenvalue weighted by atomic mass is 32.2. The van der Waals surface area contributed by atoms with Crippen molar-refractivity contribution in [2.24, 2.45) is 0 Å². The fraction of sp³-hybridized carbons (Fsp3) is 0.100. The Kier molecular flexibility index (Phi) is 6.79. The smallest absolute Gasteiger partial charge is 0.266 e. The maximum atomic E-state index is 13.0. The maximum absolute atomic E-state index is 13.0. The number of hydrogen-bond donors (Lipinski definition) is 1. The summed E-state index contributed by atoms with van der Waals surface area (Å²) in [6.07, 6.45) is 0. The minimum absolute atomic E-state index is 0.0980. The highest BCUT2D eigenvalue weighted by Gasteiger charge is 2.37.